The van der Waals surface area contributed by atoms with Gasteiger partial charge in [0.2, 0.25) is 5.91 Å². The third kappa shape index (κ3) is 6.38. The molecule has 1 aromatic heterocycles. The van der Waals surface area contributed by atoms with Crippen molar-refractivity contribution in [3.63, 3.8) is 0 Å². The third-order valence-electron chi connectivity index (χ3n) is 7.01. The van der Waals surface area contributed by atoms with E-state index in [-0.39, 0.29) is 25.1 Å². The van der Waals surface area contributed by atoms with E-state index in [0.717, 1.165) is 16.5 Å². The number of nitrogens with one attached hydrogen (secondary N) is 3. The molecule has 1 unspecified atom stereocenters. The highest BCUT2D eigenvalue weighted by atomic mass is 19.4. The van der Waals surface area contributed by atoms with Gasteiger partial charge in [-0.1, -0.05) is 18.2 Å². The number of alkyl halides is 6. The molecule has 0 aliphatic carbocycles. The van der Waals surface area contributed by atoms with Crippen LogP contribution < -0.4 is 10.6 Å². The molecule has 39 heavy (non-hydrogen) atoms. The number of hydrogen-bond donors (Lipinski definition) is 3. The van der Waals surface area contributed by atoms with Crippen LogP contribution in [0.25, 0.3) is 10.9 Å². The van der Waals surface area contributed by atoms with Gasteiger partial charge in [0, 0.05) is 55.8 Å². The second-order valence-corrected chi connectivity index (χ2v) is 9.78. The fraction of sp³-hybridized carbons (Fsp3) is 0.407. The smallest absolute Gasteiger partial charge is 0.361 e. The van der Waals surface area contributed by atoms with Crippen LogP contribution in [0.4, 0.5) is 26.3 Å². The van der Waals surface area contributed by atoms with Gasteiger partial charge in [-0.3, -0.25) is 9.59 Å². The van der Waals surface area contributed by atoms with Gasteiger partial charge < -0.3 is 20.5 Å². The fourth-order valence-corrected chi connectivity index (χ4v) is 5.18. The molecule has 0 spiro atoms. The summed E-state index contributed by atoms with van der Waals surface area (Å²) in [6.07, 6.45) is -7.27. The van der Waals surface area contributed by atoms with Crippen molar-refractivity contribution in [2.75, 3.05) is 26.2 Å². The number of fused-ring (bicyclic) bond motifs is 1. The van der Waals surface area contributed by atoms with Gasteiger partial charge in [-0.25, -0.2) is 0 Å². The molecule has 210 valence electrons. The molecule has 6 nitrogen and oxygen atoms in total. The minimum atomic E-state index is -5.07. The Kier molecular flexibility index (Phi) is 7.97. The van der Waals surface area contributed by atoms with E-state index >= 15 is 0 Å². The molecule has 1 atom stereocenters. The summed E-state index contributed by atoms with van der Waals surface area (Å²) in [6.45, 7) is 2.33. The summed E-state index contributed by atoms with van der Waals surface area (Å²) in [6, 6.07) is 8.46. The number of aromatic amines is 1. The van der Waals surface area contributed by atoms with Crippen molar-refractivity contribution < 1.29 is 35.9 Å². The summed E-state index contributed by atoms with van der Waals surface area (Å²) in [4.78, 5) is 29.7. The lowest BCUT2D eigenvalue weighted by atomic mass is 9.82. The monoisotopic (exact) mass is 554 g/mol. The SMILES string of the molecule is CC(=O)NCCCC1(Cc2c[nH]c3ccccc23)CNCCN1C(=O)c1cc(C(F)(F)F)cc(C(F)(F)F)c1. The number of nitrogens with zero attached hydrogens (tertiary/aromatic N) is 1. The molecule has 3 aromatic rings. The van der Waals surface area contributed by atoms with E-state index in [1.165, 1.54) is 11.8 Å². The molecule has 1 fully saturated rings. The third-order valence-corrected chi connectivity index (χ3v) is 7.01. The maximum Gasteiger partial charge on any atom is 0.416 e. The zero-order valence-corrected chi connectivity index (χ0v) is 21.1. The van der Waals surface area contributed by atoms with Gasteiger partial charge in [0.25, 0.3) is 5.91 Å². The summed E-state index contributed by atoms with van der Waals surface area (Å²) in [5.74, 6) is -1.15. The molecule has 2 amide bonds. The maximum absolute atomic E-state index is 13.8. The first-order valence-electron chi connectivity index (χ1n) is 12.4. The van der Waals surface area contributed by atoms with Crippen molar-refractivity contribution in [1.29, 1.82) is 0 Å². The highest BCUT2D eigenvalue weighted by Crippen LogP contribution is 2.38. The molecule has 3 N–H and O–H groups in total. The molecule has 0 bridgehead atoms. The summed E-state index contributed by atoms with van der Waals surface area (Å²) in [5.41, 5.74) is -3.02. The molecule has 1 saturated heterocycles. The number of para-hydroxylation sites is 1. The van der Waals surface area contributed by atoms with Crippen LogP contribution in [0.2, 0.25) is 0 Å². The Morgan fingerprint density at radius 1 is 1.03 bits per heavy atom. The lowest BCUT2D eigenvalue weighted by Crippen LogP contribution is -2.64. The Hall–Kier alpha value is -3.54. The van der Waals surface area contributed by atoms with Gasteiger partial charge in [0.05, 0.1) is 16.7 Å². The van der Waals surface area contributed by atoms with Crippen molar-refractivity contribution in [3.05, 3.63) is 70.9 Å². The molecule has 12 heteroatoms. The quantitative estimate of drug-likeness (QED) is 0.279. The summed E-state index contributed by atoms with van der Waals surface area (Å²) >= 11 is 0. The number of piperazine rings is 1. The second kappa shape index (κ2) is 10.9. The lowest BCUT2D eigenvalue weighted by molar-refractivity contribution is -0.143. The van der Waals surface area contributed by atoms with E-state index in [2.05, 4.69) is 15.6 Å². The maximum atomic E-state index is 13.8. The highest BCUT2D eigenvalue weighted by Gasteiger charge is 2.44. The largest absolute Gasteiger partial charge is 0.416 e. The molecule has 0 saturated carbocycles. The fourth-order valence-electron chi connectivity index (χ4n) is 5.18. The van der Waals surface area contributed by atoms with Crippen molar-refractivity contribution >= 4 is 22.7 Å². The predicted octanol–water partition coefficient (Wildman–Crippen LogP) is 5.15. The first-order valence-corrected chi connectivity index (χ1v) is 12.4. The normalized spacial score (nSPS) is 18.4. The van der Waals surface area contributed by atoms with Gasteiger partial charge in [-0.05, 0) is 49.1 Å². The molecule has 4 rings (SSSR count). The molecular formula is C27H28F6N4O2. The number of hydrogen-bond acceptors (Lipinski definition) is 3. The number of carbonyl (C=O) groups excluding carboxylic acids is 2. The first kappa shape index (κ1) is 28.5. The zero-order chi connectivity index (χ0) is 28.4. The average Bonchev–Trinajstić information content (AvgIpc) is 3.27. The number of rotatable bonds is 7. The second-order valence-electron chi connectivity index (χ2n) is 9.78. The first-order chi connectivity index (χ1) is 18.3. The van der Waals surface area contributed by atoms with Gasteiger partial charge in [0.15, 0.2) is 0 Å². The minimum Gasteiger partial charge on any atom is -0.361 e. The summed E-state index contributed by atoms with van der Waals surface area (Å²) in [7, 11) is 0. The van der Waals surface area contributed by atoms with Crippen LogP contribution in [-0.2, 0) is 23.6 Å². The van der Waals surface area contributed by atoms with Crippen LogP contribution in [-0.4, -0.2) is 53.4 Å². The average molecular weight is 555 g/mol. The van der Waals surface area contributed by atoms with Crippen LogP contribution in [0.5, 0.6) is 0 Å². The predicted molar refractivity (Wildman–Crippen MR) is 133 cm³/mol. The van der Waals surface area contributed by atoms with Crippen molar-refractivity contribution in [2.24, 2.45) is 0 Å². The van der Waals surface area contributed by atoms with Gasteiger partial charge in [-0.15, -0.1) is 0 Å². The Balaban J connectivity index is 1.77. The Bertz CT molecular complexity index is 1320. The Morgan fingerprint density at radius 2 is 1.69 bits per heavy atom. The topological polar surface area (TPSA) is 77.2 Å². The Labute approximate surface area is 220 Å². The molecule has 0 radical (unpaired) electrons. The molecule has 1 aliphatic rings. The zero-order valence-electron chi connectivity index (χ0n) is 21.1. The van der Waals surface area contributed by atoms with Gasteiger partial charge >= 0.3 is 12.4 Å². The standard InChI is InChI=1S/C27H28F6N4O2/c1-17(38)35-8-4-7-25(14-19-15-36-23-6-3-2-5-22(19)23)16-34-9-10-37(25)24(39)18-11-20(26(28,29)30)13-21(12-18)27(31,32)33/h2-3,5-6,11-13,15,34,36H,4,7-10,14,16H2,1H3,(H,35,38). The number of H-pyrrole nitrogens is 1. The van der Waals surface area contributed by atoms with Crippen LogP contribution >= 0.6 is 0 Å². The minimum absolute atomic E-state index is 0.0150. The molecule has 2 aromatic carbocycles. The van der Waals surface area contributed by atoms with E-state index < -0.39 is 40.5 Å². The van der Waals surface area contributed by atoms with Crippen molar-refractivity contribution in [1.82, 2.24) is 20.5 Å². The number of carbonyl (C=O) groups is 2. The number of amides is 2. The van der Waals surface area contributed by atoms with Gasteiger partial charge in [0.1, 0.15) is 0 Å². The number of halogens is 6. The van der Waals surface area contributed by atoms with Crippen LogP contribution in [0, 0.1) is 0 Å². The van der Waals surface area contributed by atoms with Crippen LogP contribution in [0.1, 0.15) is 46.8 Å². The van der Waals surface area contributed by atoms with E-state index in [4.69, 9.17) is 0 Å². The van der Waals surface area contributed by atoms with E-state index in [1.807, 2.05) is 24.3 Å². The van der Waals surface area contributed by atoms with Crippen molar-refractivity contribution in [3.8, 4) is 0 Å². The van der Waals surface area contributed by atoms with Crippen molar-refractivity contribution in [2.45, 2.75) is 44.1 Å². The number of benzene rings is 2. The lowest BCUT2D eigenvalue weighted by Gasteiger charge is -2.48. The van der Waals surface area contributed by atoms with Crippen LogP contribution in [0.15, 0.2) is 48.7 Å². The highest BCUT2D eigenvalue weighted by molar-refractivity contribution is 5.95. The molecule has 1 aliphatic heterocycles. The van der Waals surface area contributed by atoms with E-state index in [1.54, 1.807) is 6.20 Å². The van der Waals surface area contributed by atoms with Crippen LogP contribution in [0.3, 0.4) is 0 Å². The Morgan fingerprint density at radius 3 is 2.33 bits per heavy atom. The summed E-state index contributed by atoms with van der Waals surface area (Å²) < 4.78 is 81.1. The van der Waals surface area contributed by atoms with E-state index in [9.17, 15) is 35.9 Å². The van der Waals surface area contributed by atoms with E-state index in [0.29, 0.717) is 44.5 Å². The van der Waals surface area contributed by atoms with Gasteiger partial charge in [-0.2, -0.15) is 26.3 Å². The molecule has 2 heterocycles. The molecular weight excluding hydrogens is 526 g/mol. The number of aromatic nitrogens is 1. The summed E-state index contributed by atoms with van der Waals surface area (Å²) in [5, 5.41) is 6.84.